The van der Waals surface area contributed by atoms with E-state index in [0.717, 1.165) is 112 Å². The van der Waals surface area contributed by atoms with Crippen LogP contribution in [0.15, 0.2) is 47.6 Å². The molecule has 0 aromatic heterocycles. The molecule has 4 aliphatic rings. The van der Waals surface area contributed by atoms with Crippen molar-refractivity contribution in [2.75, 3.05) is 13.7 Å². The van der Waals surface area contributed by atoms with E-state index in [1.807, 2.05) is 6.07 Å². The normalized spacial score (nSPS) is 22.7. The molecule has 2 aliphatic carbocycles. The zero-order valence-corrected chi connectivity index (χ0v) is 42.1. The number of phosphoric acid groups is 1. The number of allylic oxidation sites excluding steroid dienone is 4. The number of unbranched alkanes of at least 4 members (excludes halogenated alkanes) is 6. The Morgan fingerprint density at radius 3 is 1.67 bits per heavy atom. The quantitative estimate of drug-likeness (QED) is 0.0972. The summed E-state index contributed by atoms with van der Waals surface area (Å²) in [6, 6.07) is 8.25. The number of phosphoric ester groups is 1. The van der Waals surface area contributed by atoms with Crippen molar-refractivity contribution in [3.63, 3.8) is 0 Å². The zero-order valence-electron chi connectivity index (χ0n) is 38.4. The van der Waals surface area contributed by atoms with Crippen molar-refractivity contribution in [3.05, 3.63) is 69.8 Å². The van der Waals surface area contributed by atoms with E-state index in [2.05, 4.69) is 98.0 Å². The summed E-state index contributed by atoms with van der Waals surface area (Å²) in [7, 11) is -2.98. The molecule has 0 spiro atoms. The third-order valence-corrected chi connectivity index (χ3v) is 13.7. The number of rotatable bonds is 16. The predicted octanol–water partition coefficient (Wildman–Crippen LogP) is 13.5. The van der Waals surface area contributed by atoms with Crippen molar-refractivity contribution in [2.24, 2.45) is 11.8 Å². The van der Waals surface area contributed by atoms with Gasteiger partial charge in [-0.25, -0.2) is 9.36 Å². The van der Waals surface area contributed by atoms with E-state index < -0.39 is 7.82 Å². The van der Waals surface area contributed by atoms with Gasteiger partial charge in [-0.15, -0.1) is 0 Å². The molecular formula is C49H74NO8PY. The van der Waals surface area contributed by atoms with Crippen LogP contribution < -0.4 is 24.1 Å². The molecule has 1 unspecified atom stereocenters. The van der Waals surface area contributed by atoms with E-state index in [1.54, 1.807) is 0 Å². The third-order valence-electron chi connectivity index (χ3n) is 12.9. The maximum atomic E-state index is 12.6. The van der Waals surface area contributed by atoms with Crippen molar-refractivity contribution in [3.8, 4) is 23.0 Å². The molecule has 2 aromatic rings. The Balaban J connectivity index is 0.000000262. The van der Waals surface area contributed by atoms with Gasteiger partial charge in [-0.2, -0.15) is 0 Å². The number of amides is 1. The standard InChI is InChI=1S/C27H41NO3.C22H33O5P.Y/c1-6-8-10-12-20-17-23(30-26(29)28-15-11-9-7-2)25-21-16-19(3)13-14-22(21)27(4,5)31-24(25)18-20;1-6-7-8-9-16-13-19-21(20(14-16)27-28(23,24)25-5)17-12-15(2)10-11-18(17)22(3,4)26-19;/h16-18,21-22H,6-15H2,1-5H3,(H,28,29);12-14,17-18H,6-11H2,1-5H3,(H,23,24);/t21-,22-;17-,18-;/m11./s1. The third kappa shape index (κ3) is 13.0. The molecule has 1 radical (unpaired) electrons. The van der Waals surface area contributed by atoms with Crippen LogP contribution in [0.2, 0.25) is 0 Å². The van der Waals surface area contributed by atoms with Crippen LogP contribution in [-0.4, -0.2) is 35.8 Å². The number of carbonyl (C=O) groups excluding carboxylic acids is 1. The molecule has 2 N–H and O–H groups in total. The second-order valence-corrected chi connectivity index (χ2v) is 20.0. The number of carbonyl (C=O) groups is 1. The van der Waals surface area contributed by atoms with Crippen LogP contribution in [-0.2, 0) is 54.6 Å². The van der Waals surface area contributed by atoms with Crippen molar-refractivity contribution < 1.29 is 70.2 Å². The minimum Gasteiger partial charge on any atom is -0.487 e. The summed E-state index contributed by atoms with van der Waals surface area (Å²) in [6.45, 7) is 20.2. The van der Waals surface area contributed by atoms with Crippen molar-refractivity contribution in [1.29, 1.82) is 0 Å². The van der Waals surface area contributed by atoms with E-state index >= 15 is 0 Å². The zero-order chi connectivity index (χ0) is 43.0. The van der Waals surface area contributed by atoms with Crippen LogP contribution >= 0.6 is 7.82 Å². The second kappa shape index (κ2) is 22.5. The van der Waals surface area contributed by atoms with Gasteiger partial charge in [0.15, 0.2) is 0 Å². The average Bonchev–Trinajstić information content (AvgIpc) is 3.16. The van der Waals surface area contributed by atoms with Gasteiger partial charge in [0.2, 0.25) is 0 Å². The van der Waals surface area contributed by atoms with Gasteiger partial charge in [0.25, 0.3) is 0 Å². The first-order chi connectivity index (χ1) is 28.0. The Morgan fingerprint density at radius 2 is 1.20 bits per heavy atom. The fraction of sp³-hybridized carbons (Fsp3) is 0.653. The van der Waals surface area contributed by atoms with E-state index in [9.17, 15) is 14.3 Å². The van der Waals surface area contributed by atoms with Crippen molar-refractivity contribution in [1.82, 2.24) is 5.32 Å². The van der Waals surface area contributed by atoms with Gasteiger partial charge in [-0.1, -0.05) is 82.6 Å². The van der Waals surface area contributed by atoms with Crippen LogP contribution in [0.4, 0.5) is 4.79 Å². The number of nitrogens with one attached hydrogen (secondary N) is 1. The Hall–Kier alpha value is -2.16. The molecule has 0 saturated heterocycles. The predicted molar refractivity (Wildman–Crippen MR) is 238 cm³/mol. The monoisotopic (exact) mass is 924 g/mol. The van der Waals surface area contributed by atoms with Gasteiger partial charge in [0.05, 0.1) is 0 Å². The van der Waals surface area contributed by atoms with Crippen LogP contribution in [0.5, 0.6) is 23.0 Å². The fourth-order valence-corrected chi connectivity index (χ4v) is 10.1. The molecule has 2 heterocycles. The van der Waals surface area contributed by atoms with E-state index in [0.29, 0.717) is 24.0 Å². The Kier molecular flexibility index (Phi) is 18.9. The van der Waals surface area contributed by atoms with Gasteiger partial charge in [0.1, 0.15) is 34.2 Å². The number of hydrogen-bond acceptors (Lipinski definition) is 7. The first-order valence-electron chi connectivity index (χ1n) is 22.6. The van der Waals surface area contributed by atoms with Crippen LogP contribution in [0.3, 0.4) is 0 Å². The summed E-state index contributed by atoms with van der Waals surface area (Å²) in [5, 5.41) is 2.92. The fourth-order valence-electron chi connectivity index (χ4n) is 9.59. The molecule has 5 atom stereocenters. The van der Waals surface area contributed by atoms with E-state index in [-0.39, 0.29) is 67.8 Å². The maximum Gasteiger partial charge on any atom is 0.527 e. The summed E-state index contributed by atoms with van der Waals surface area (Å²) in [4.78, 5) is 22.6. The number of benzene rings is 2. The average molecular weight is 925 g/mol. The molecule has 0 bridgehead atoms. The van der Waals surface area contributed by atoms with Gasteiger partial charge >= 0.3 is 13.9 Å². The molecule has 9 nitrogen and oxygen atoms in total. The molecule has 6 rings (SSSR count). The van der Waals surface area contributed by atoms with E-state index in [1.165, 1.54) is 36.7 Å². The smallest absolute Gasteiger partial charge is 0.487 e. The molecule has 2 aliphatic heterocycles. The number of aryl methyl sites for hydroxylation is 2. The Morgan fingerprint density at radius 1 is 0.750 bits per heavy atom. The molecule has 0 fully saturated rings. The molecule has 11 heteroatoms. The molecule has 0 saturated carbocycles. The number of hydrogen-bond donors (Lipinski definition) is 2. The van der Waals surface area contributed by atoms with E-state index in [4.69, 9.17) is 23.3 Å². The summed E-state index contributed by atoms with van der Waals surface area (Å²) >= 11 is 0. The van der Waals surface area contributed by atoms with Crippen molar-refractivity contribution >= 4 is 13.9 Å². The first-order valence-corrected chi connectivity index (χ1v) is 24.1. The molecule has 60 heavy (non-hydrogen) atoms. The maximum absolute atomic E-state index is 12.6. The summed E-state index contributed by atoms with van der Waals surface area (Å²) in [5.74, 6) is 3.73. The van der Waals surface area contributed by atoms with Crippen molar-refractivity contribution in [2.45, 2.75) is 182 Å². The van der Waals surface area contributed by atoms with Gasteiger partial charge in [0, 0.05) is 81.2 Å². The van der Waals surface area contributed by atoms with Gasteiger partial charge in [-0.05, 0) is 135 Å². The van der Waals surface area contributed by atoms with Crippen LogP contribution in [0.1, 0.15) is 180 Å². The molecule has 2 aromatic carbocycles. The van der Waals surface area contributed by atoms with Crippen LogP contribution in [0.25, 0.3) is 0 Å². The van der Waals surface area contributed by atoms with Crippen LogP contribution in [0, 0.1) is 11.8 Å². The molecule has 331 valence electrons. The number of fused-ring (bicyclic) bond motifs is 6. The molecular weight excluding hydrogens is 850 g/mol. The molecule has 1 amide bonds. The van der Waals surface area contributed by atoms with Gasteiger partial charge < -0.3 is 24.1 Å². The largest absolute Gasteiger partial charge is 0.527 e. The summed E-state index contributed by atoms with van der Waals surface area (Å²) in [5.41, 5.74) is 6.36. The second-order valence-electron chi connectivity index (χ2n) is 18.5. The summed E-state index contributed by atoms with van der Waals surface area (Å²) in [6.07, 6.45) is 20.5. The Labute approximate surface area is 387 Å². The minimum absolute atomic E-state index is 0. The number of ether oxygens (including phenoxy) is 3. The topological polar surface area (TPSA) is 113 Å². The summed E-state index contributed by atoms with van der Waals surface area (Å²) < 4.78 is 41.4. The SMILES string of the molecule is CCCCCNC(=O)Oc1cc(CCCCC)cc2c1[C@@H]1C=C(C)CC[C@H]1C(C)(C)O2.CCCCCc1cc2c(c(OP(=O)(O)OC)c1)[C@@H]1C=C(C)CC[C@H]1C(C)(C)O2.[Y]. The first kappa shape index (κ1) is 50.5. The Bertz CT molecular complexity index is 1870. The minimum atomic E-state index is -4.16. The van der Waals surface area contributed by atoms with Gasteiger partial charge in [-0.3, -0.25) is 9.42 Å².